The van der Waals surface area contributed by atoms with Gasteiger partial charge in [0.15, 0.2) is 0 Å². The maximum Gasteiger partial charge on any atom is 0.260 e. The Morgan fingerprint density at radius 3 is 2.62 bits per heavy atom. The van der Waals surface area contributed by atoms with Crippen molar-refractivity contribution in [3.63, 3.8) is 0 Å². The lowest BCUT2D eigenvalue weighted by atomic mass is 10.2. The van der Waals surface area contributed by atoms with Crippen LogP contribution in [0.1, 0.15) is 27.3 Å². The maximum absolute atomic E-state index is 12.1. The summed E-state index contributed by atoms with van der Waals surface area (Å²) in [5, 5.41) is 2.74. The number of aryl methyl sites for hydroxylation is 1. The first kappa shape index (κ1) is 17.4. The van der Waals surface area contributed by atoms with E-state index >= 15 is 0 Å². The van der Waals surface area contributed by atoms with Crippen LogP contribution in [0.4, 0.5) is 0 Å². The molecule has 0 bridgehead atoms. The molecule has 0 unspecified atom stereocenters. The molecule has 0 saturated carbocycles. The van der Waals surface area contributed by atoms with E-state index in [1.165, 1.54) is 6.07 Å². The van der Waals surface area contributed by atoms with Crippen molar-refractivity contribution in [1.82, 2.24) is 15.3 Å². The van der Waals surface area contributed by atoms with Gasteiger partial charge in [-0.1, -0.05) is 18.2 Å². The predicted molar refractivity (Wildman–Crippen MR) is 98.0 cm³/mol. The third kappa shape index (κ3) is 4.57. The number of rotatable bonds is 6. The number of pyridine rings is 2. The first-order chi connectivity index (χ1) is 12.6. The third-order valence-electron chi connectivity index (χ3n) is 3.79. The number of hydrogen-bond donors (Lipinski definition) is 2. The van der Waals surface area contributed by atoms with Gasteiger partial charge in [-0.15, -0.1) is 0 Å². The Morgan fingerprint density at radius 2 is 1.92 bits per heavy atom. The van der Waals surface area contributed by atoms with E-state index in [4.69, 9.17) is 4.74 Å². The molecule has 3 aromatic rings. The SMILES string of the molecule is Cc1ccc(C(=O)NCc2ccc(OCc3ccccn3)cc2)c(=O)[nH]1. The van der Waals surface area contributed by atoms with E-state index in [0.29, 0.717) is 18.8 Å². The molecule has 0 aliphatic carbocycles. The average molecular weight is 349 g/mol. The summed E-state index contributed by atoms with van der Waals surface area (Å²) in [4.78, 5) is 30.7. The summed E-state index contributed by atoms with van der Waals surface area (Å²) in [6, 6.07) is 16.3. The quantitative estimate of drug-likeness (QED) is 0.716. The van der Waals surface area contributed by atoms with E-state index in [1.54, 1.807) is 19.2 Å². The highest BCUT2D eigenvalue weighted by Crippen LogP contribution is 2.13. The molecule has 0 spiro atoms. The van der Waals surface area contributed by atoms with Crippen molar-refractivity contribution >= 4 is 5.91 Å². The molecule has 6 nitrogen and oxygen atoms in total. The molecule has 0 atom stereocenters. The molecule has 2 N–H and O–H groups in total. The van der Waals surface area contributed by atoms with Crippen LogP contribution in [0.2, 0.25) is 0 Å². The highest BCUT2D eigenvalue weighted by Gasteiger charge is 2.09. The van der Waals surface area contributed by atoms with Gasteiger partial charge < -0.3 is 15.0 Å². The number of aromatic nitrogens is 2. The van der Waals surface area contributed by atoms with Gasteiger partial charge in [0.2, 0.25) is 0 Å². The molecule has 0 saturated heterocycles. The second-order valence-corrected chi connectivity index (χ2v) is 5.82. The van der Waals surface area contributed by atoms with Gasteiger partial charge in [0.05, 0.1) is 5.69 Å². The van der Waals surface area contributed by atoms with Crippen molar-refractivity contribution in [2.45, 2.75) is 20.1 Å². The Labute approximate surface area is 150 Å². The van der Waals surface area contributed by atoms with Crippen molar-refractivity contribution in [3.8, 4) is 5.75 Å². The maximum atomic E-state index is 12.1. The first-order valence-corrected chi connectivity index (χ1v) is 8.21. The van der Waals surface area contributed by atoms with Crippen LogP contribution < -0.4 is 15.6 Å². The number of carbonyl (C=O) groups is 1. The molecule has 2 aromatic heterocycles. The molecule has 26 heavy (non-hydrogen) atoms. The summed E-state index contributed by atoms with van der Waals surface area (Å²) in [6.07, 6.45) is 1.73. The van der Waals surface area contributed by atoms with Crippen LogP contribution in [0, 0.1) is 6.92 Å². The topological polar surface area (TPSA) is 84.1 Å². The van der Waals surface area contributed by atoms with Crippen molar-refractivity contribution in [2.24, 2.45) is 0 Å². The second kappa shape index (κ2) is 8.11. The van der Waals surface area contributed by atoms with Gasteiger partial charge in [-0.2, -0.15) is 0 Å². The Hall–Kier alpha value is -3.41. The lowest BCUT2D eigenvalue weighted by Gasteiger charge is -2.08. The van der Waals surface area contributed by atoms with Crippen molar-refractivity contribution in [3.05, 3.63) is 93.7 Å². The van der Waals surface area contributed by atoms with Gasteiger partial charge in [-0.3, -0.25) is 14.6 Å². The van der Waals surface area contributed by atoms with Gasteiger partial charge in [-0.05, 0) is 48.9 Å². The molecule has 132 valence electrons. The van der Waals surface area contributed by atoms with Crippen LogP contribution in [0.5, 0.6) is 5.75 Å². The van der Waals surface area contributed by atoms with Crippen LogP contribution in [0.25, 0.3) is 0 Å². The zero-order chi connectivity index (χ0) is 18.4. The Kier molecular flexibility index (Phi) is 5.43. The fraction of sp³-hybridized carbons (Fsp3) is 0.150. The lowest BCUT2D eigenvalue weighted by molar-refractivity contribution is 0.0949. The summed E-state index contributed by atoms with van der Waals surface area (Å²) in [5.74, 6) is 0.322. The van der Waals surface area contributed by atoms with Crippen molar-refractivity contribution in [1.29, 1.82) is 0 Å². The van der Waals surface area contributed by atoms with E-state index in [2.05, 4.69) is 15.3 Å². The number of H-pyrrole nitrogens is 1. The predicted octanol–water partition coefficient (Wildman–Crippen LogP) is 2.59. The van der Waals surface area contributed by atoms with Gasteiger partial charge in [-0.25, -0.2) is 0 Å². The number of ether oxygens (including phenoxy) is 1. The Bertz CT molecular complexity index is 935. The smallest absolute Gasteiger partial charge is 0.260 e. The van der Waals surface area contributed by atoms with Crippen LogP contribution >= 0.6 is 0 Å². The van der Waals surface area contributed by atoms with Crippen LogP contribution in [0.15, 0.2) is 65.6 Å². The highest BCUT2D eigenvalue weighted by atomic mass is 16.5. The fourth-order valence-corrected chi connectivity index (χ4v) is 2.37. The van der Waals surface area contributed by atoms with Crippen LogP contribution in [-0.2, 0) is 13.2 Å². The van der Waals surface area contributed by atoms with Gasteiger partial charge in [0.25, 0.3) is 11.5 Å². The third-order valence-corrected chi connectivity index (χ3v) is 3.79. The average Bonchev–Trinajstić information content (AvgIpc) is 2.66. The van der Waals surface area contributed by atoms with Crippen LogP contribution in [0.3, 0.4) is 0 Å². The monoisotopic (exact) mass is 349 g/mol. The number of nitrogens with one attached hydrogen (secondary N) is 2. The van der Waals surface area contributed by atoms with Crippen molar-refractivity contribution in [2.75, 3.05) is 0 Å². The van der Waals surface area contributed by atoms with Gasteiger partial charge in [0, 0.05) is 18.4 Å². The second-order valence-electron chi connectivity index (χ2n) is 5.82. The molecular formula is C20H19N3O3. The molecular weight excluding hydrogens is 330 g/mol. The standard InChI is InChI=1S/C20H19N3O3/c1-14-5-10-18(20(25)23-14)19(24)22-12-15-6-8-17(9-7-15)26-13-16-4-2-3-11-21-16/h2-11H,12-13H2,1H3,(H,22,24)(H,23,25). The van der Waals surface area contributed by atoms with Gasteiger partial charge in [0.1, 0.15) is 17.9 Å². The number of carbonyl (C=O) groups excluding carboxylic acids is 1. The minimum absolute atomic E-state index is 0.103. The van der Waals surface area contributed by atoms with E-state index in [-0.39, 0.29) is 11.1 Å². The van der Waals surface area contributed by atoms with E-state index in [1.807, 2.05) is 42.5 Å². The minimum atomic E-state index is -0.401. The van der Waals surface area contributed by atoms with E-state index in [0.717, 1.165) is 17.0 Å². The first-order valence-electron chi connectivity index (χ1n) is 8.21. The van der Waals surface area contributed by atoms with E-state index < -0.39 is 5.91 Å². The Balaban J connectivity index is 1.54. The molecule has 3 rings (SSSR count). The zero-order valence-electron chi connectivity index (χ0n) is 14.4. The van der Waals surface area contributed by atoms with E-state index in [9.17, 15) is 9.59 Å². The molecule has 1 aromatic carbocycles. The molecule has 1 amide bonds. The highest BCUT2D eigenvalue weighted by molar-refractivity contribution is 5.93. The Morgan fingerprint density at radius 1 is 1.12 bits per heavy atom. The zero-order valence-corrected chi connectivity index (χ0v) is 14.4. The molecule has 2 heterocycles. The molecule has 0 radical (unpaired) electrons. The van der Waals surface area contributed by atoms with Crippen LogP contribution in [-0.4, -0.2) is 15.9 Å². The summed E-state index contributed by atoms with van der Waals surface area (Å²) in [6.45, 7) is 2.49. The summed E-state index contributed by atoms with van der Waals surface area (Å²) < 4.78 is 5.67. The fourth-order valence-electron chi connectivity index (χ4n) is 2.37. The number of hydrogen-bond acceptors (Lipinski definition) is 4. The molecule has 6 heteroatoms. The molecule has 0 aliphatic heterocycles. The largest absolute Gasteiger partial charge is 0.487 e. The van der Waals surface area contributed by atoms with Gasteiger partial charge >= 0.3 is 0 Å². The number of nitrogens with zero attached hydrogens (tertiary/aromatic N) is 1. The molecule has 0 aliphatic rings. The normalized spacial score (nSPS) is 10.3. The summed E-state index contributed by atoms with van der Waals surface area (Å²) >= 11 is 0. The number of aromatic amines is 1. The van der Waals surface area contributed by atoms with Crippen molar-refractivity contribution < 1.29 is 9.53 Å². The number of benzene rings is 1. The minimum Gasteiger partial charge on any atom is -0.487 e. The molecule has 0 fully saturated rings. The summed E-state index contributed by atoms with van der Waals surface area (Å²) in [5.41, 5.74) is 2.19. The summed E-state index contributed by atoms with van der Waals surface area (Å²) in [7, 11) is 0. The lowest BCUT2D eigenvalue weighted by Crippen LogP contribution is -2.29. The number of amides is 1.